The number of hydrogen-bond donors (Lipinski definition) is 2. The van der Waals surface area contributed by atoms with Crippen LogP contribution in [0.2, 0.25) is 0 Å². The molecule has 0 atom stereocenters. The van der Waals surface area contributed by atoms with Gasteiger partial charge in [0.05, 0.1) is 5.69 Å². The number of fused-ring (bicyclic) bond motifs is 1. The van der Waals surface area contributed by atoms with Gasteiger partial charge in [0.1, 0.15) is 5.60 Å². The predicted molar refractivity (Wildman–Crippen MR) is 81.1 cm³/mol. The summed E-state index contributed by atoms with van der Waals surface area (Å²) < 4.78 is 5.22. The van der Waals surface area contributed by atoms with E-state index in [0.717, 1.165) is 10.8 Å². The zero-order valence-corrected chi connectivity index (χ0v) is 12.1. The fourth-order valence-electron chi connectivity index (χ4n) is 1.74. The maximum atomic E-state index is 11.7. The van der Waals surface area contributed by atoms with Crippen molar-refractivity contribution in [2.75, 3.05) is 5.32 Å². The van der Waals surface area contributed by atoms with Gasteiger partial charge in [-0.05, 0) is 43.7 Å². The van der Waals surface area contributed by atoms with E-state index in [1.54, 1.807) is 0 Å². The summed E-state index contributed by atoms with van der Waals surface area (Å²) in [4.78, 5) is 12.5. The number of thiol groups is 1. The van der Waals surface area contributed by atoms with Crippen LogP contribution in [-0.2, 0) is 4.74 Å². The average molecular weight is 275 g/mol. The Morgan fingerprint density at radius 3 is 2.32 bits per heavy atom. The summed E-state index contributed by atoms with van der Waals surface area (Å²) in [6, 6.07) is 11.7. The molecule has 4 heteroatoms. The Hall–Kier alpha value is -1.68. The zero-order valence-electron chi connectivity index (χ0n) is 11.2. The highest BCUT2D eigenvalue weighted by Gasteiger charge is 2.17. The first-order valence-corrected chi connectivity index (χ1v) is 6.52. The number of carbonyl (C=O) groups excluding carboxylic acids is 1. The summed E-state index contributed by atoms with van der Waals surface area (Å²) in [5, 5.41) is 4.85. The lowest BCUT2D eigenvalue weighted by Crippen LogP contribution is -2.27. The number of carbonyl (C=O) groups is 1. The third-order valence-electron chi connectivity index (χ3n) is 2.50. The van der Waals surface area contributed by atoms with Crippen LogP contribution in [0.3, 0.4) is 0 Å². The smallest absolute Gasteiger partial charge is 0.412 e. The van der Waals surface area contributed by atoms with Crippen LogP contribution in [0.25, 0.3) is 10.8 Å². The summed E-state index contributed by atoms with van der Waals surface area (Å²) >= 11 is 4.39. The molecule has 0 spiro atoms. The van der Waals surface area contributed by atoms with Crippen molar-refractivity contribution >= 4 is 35.2 Å². The third kappa shape index (κ3) is 3.64. The Morgan fingerprint density at radius 2 is 1.74 bits per heavy atom. The Kier molecular flexibility index (Phi) is 3.71. The van der Waals surface area contributed by atoms with E-state index in [-0.39, 0.29) is 0 Å². The highest BCUT2D eigenvalue weighted by atomic mass is 32.1. The molecule has 100 valence electrons. The van der Waals surface area contributed by atoms with Crippen molar-refractivity contribution < 1.29 is 9.53 Å². The monoisotopic (exact) mass is 275 g/mol. The van der Waals surface area contributed by atoms with Crippen LogP contribution in [0, 0.1) is 0 Å². The van der Waals surface area contributed by atoms with Crippen molar-refractivity contribution in [2.24, 2.45) is 0 Å². The first-order chi connectivity index (χ1) is 8.85. The van der Waals surface area contributed by atoms with Gasteiger partial charge in [-0.1, -0.05) is 24.3 Å². The minimum Gasteiger partial charge on any atom is -0.444 e. The fraction of sp³-hybridized carbons (Fsp3) is 0.267. The Balaban J connectivity index is 2.25. The van der Waals surface area contributed by atoms with Gasteiger partial charge in [0.25, 0.3) is 0 Å². The molecule has 0 aliphatic heterocycles. The van der Waals surface area contributed by atoms with Gasteiger partial charge >= 0.3 is 6.09 Å². The molecule has 0 fully saturated rings. The number of amides is 1. The molecule has 2 rings (SSSR count). The quantitative estimate of drug-likeness (QED) is 0.753. The number of benzene rings is 2. The predicted octanol–water partition coefficient (Wildman–Crippen LogP) is 4.48. The molecule has 1 N–H and O–H groups in total. The minimum atomic E-state index is -0.516. The van der Waals surface area contributed by atoms with Crippen molar-refractivity contribution in [2.45, 2.75) is 31.3 Å². The van der Waals surface area contributed by atoms with Crippen molar-refractivity contribution in [1.29, 1.82) is 0 Å². The van der Waals surface area contributed by atoms with Crippen molar-refractivity contribution in [3.05, 3.63) is 36.4 Å². The number of rotatable bonds is 1. The molecule has 0 heterocycles. The van der Waals surface area contributed by atoms with Gasteiger partial charge in [-0.25, -0.2) is 4.79 Å². The highest BCUT2D eigenvalue weighted by molar-refractivity contribution is 7.80. The highest BCUT2D eigenvalue weighted by Crippen LogP contribution is 2.27. The molecule has 0 aromatic heterocycles. The molecule has 1 amide bonds. The second-order valence-corrected chi connectivity index (χ2v) is 5.83. The molecular formula is C15H17NO2S. The average Bonchev–Trinajstić information content (AvgIpc) is 2.27. The van der Waals surface area contributed by atoms with Gasteiger partial charge in [-0.2, -0.15) is 0 Å². The Labute approximate surface area is 118 Å². The molecular weight excluding hydrogens is 258 g/mol. The van der Waals surface area contributed by atoms with E-state index in [4.69, 9.17) is 4.74 Å². The van der Waals surface area contributed by atoms with Crippen molar-refractivity contribution in [3.8, 4) is 0 Å². The van der Waals surface area contributed by atoms with E-state index >= 15 is 0 Å². The number of hydrogen-bond acceptors (Lipinski definition) is 3. The van der Waals surface area contributed by atoms with Gasteiger partial charge in [-0.15, -0.1) is 12.6 Å². The van der Waals surface area contributed by atoms with Gasteiger partial charge in [-0.3, -0.25) is 5.32 Å². The molecule has 19 heavy (non-hydrogen) atoms. The molecule has 0 aliphatic carbocycles. The Morgan fingerprint density at radius 1 is 1.16 bits per heavy atom. The van der Waals surface area contributed by atoms with E-state index in [1.807, 2.05) is 57.2 Å². The normalized spacial score (nSPS) is 11.4. The van der Waals surface area contributed by atoms with Crippen LogP contribution in [0.5, 0.6) is 0 Å². The molecule has 2 aromatic rings. The summed E-state index contributed by atoms with van der Waals surface area (Å²) in [5.74, 6) is 0. The maximum absolute atomic E-state index is 11.7. The van der Waals surface area contributed by atoms with Crippen molar-refractivity contribution in [3.63, 3.8) is 0 Å². The van der Waals surface area contributed by atoms with Crippen LogP contribution in [0.4, 0.5) is 10.5 Å². The summed E-state index contributed by atoms with van der Waals surface area (Å²) in [6.07, 6.45) is -0.474. The molecule has 0 bridgehead atoms. The molecule has 0 saturated carbocycles. The number of anilines is 1. The van der Waals surface area contributed by atoms with E-state index in [0.29, 0.717) is 10.6 Å². The number of ether oxygens (including phenoxy) is 1. The molecule has 0 aliphatic rings. The molecule has 0 saturated heterocycles. The second-order valence-electron chi connectivity index (χ2n) is 5.34. The summed E-state index contributed by atoms with van der Waals surface area (Å²) in [6.45, 7) is 5.48. The van der Waals surface area contributed by atoms with E-state index in [9.17, 15) is 4.79 Å². The molecule has 2 aromatic carbocycles. The van der Waals surface area contributed by atoms with Gasteiger partial charge in [0.15, 0.2) is 0 Å². The molecule has 3 nitrogen and oxygen atoms in total. The maximum Gasteiger partial charge on any atom is 0.412 e. The lowest BCUT2D eigenvalue weighted by Gasteiger charge is -2.20. The largest absolute Gasteiger partial charge is 0.444 e. The first-order valence-electron chi connectivity index (χ1n) is 6.07. The zero-order chi connectivity index (χ0) is 14.0. The van der Waals surface area contributed by atoms with Crippen LogP contribution in [-0.4, -0.2) is 11.7 Å². The molecule has 0 radical (unpaired) electrons. The second kappa shape index (κ2) is 5.13. The van der Waals surface area contributed by atoms with E-state index < -0.39 is 11.7 Å². The lowest BCUT2D eigenvalue weighted by atomic mass is 10.1. The number of nitrogens with one attached hydrogen (secondary N) is 1. The standard InChI is InChI=1S/C15H17NO2S/c1-15(2,3)18-14(17)16-12-8-10-6-4-5-7-11(10)9-13(12)19/h4-9,19H,1-3H3,(H,16,17). The first kappa shape index (κ1) is 13.7. The third-order valence-corrected chi connectivity index (χ3v) is 2.87. The fourth-order valence-corrected chi connectivity index (χ4v) is 2.00. The van der Waals surface area contributed by atoms with Gasteiger partial charge in [0, 0.05) is 4.90 Å². The lowest BCUT2D eigenvalue weighted by molar-refractivity contribution is 0.0635. The topological polar surface area (TPSA) is 38.3 Å². The van der Waals surface area contributed by atoms with Crippen LogP contribution >= 0.6 is 12.6 Å². The SMILES string of the molecule is CC(C)(C)OC(=O)Nc1cc2ccccc2cc1S. The van der Waals surface area contributed by atoms with E-state index in [2.05, 4.69) is 17.9 Å². The van der Waals surface area contributed by atoms with Crippen LogP contribution < -0.4 is 5.32 Å². The van der Waals surface area contributed by atoms with Crippen molar-refractivity contribution in [1.82, 2.24) is 0 Å². The van der Waals surface area contributed by atoms with Crippen LogP contribution in [0.1, 0.15) is 20.8 Å². The Bertz CT molecular complexity index is 617. The molecule has 0 unspecified atom stereocenters. The van der Waals surface area contributed by atoms with Crippen LogP contribution in [0.15, 0.2) is 41.3 Å². The minimum absolute atomic E-state index is 0.474. The van der Waals surface area contributed by atoms with Gasteiger partial charge in [0.2, 0.25) is 0 Å². The van der Waals surface area contributed by atoms with Gasteiger partial charge < -0.3 is 4.74 Å². The summed E-state index contributed by atoms with van der Waals surface area (Å²) in [7, 11) is 0. The van der Waals surface area contributed by atoms with E-state index in [1.165, 1.54) is 0 Å². The summed E-state index contributed by atoms with van der Waals surface area (Å²) in [5.41, 5.74) is 0.133.